The Morgan fingerprint density at radius 3 is 2.40 bits per heavy atom. The Labute approximate surface area is 208 Å². The van der Waals surface area contributed by atoms with E-state index in [2.05, 4.69) is 10.6 Å². The number of benzene rings is 2. The number of imide groups is 1. The zero-order valence-electron chi connectivity index (χ0n) is 19.3. The number of carbonyl (C=O) groups is 4. The summed E-state index contributed by atoms with van der Waals surface area (Å²) in [5.41, 5.74) is 1.38. The van der Waals surface area contributed by atoms with Crippen LogP contribution in [0.1, 0.15) is 59.7 Å². The second kappa shape index (κ2) is 10.7. The molecule has 182 valence electrons. The fourth-order valence-corrected chi connectivity index (χ4v) is 4.42. The smallest absolute Gasteiger partial charge is 0.338 e. The predicted octanol–water partition coefficient (Wildman–Crippen LogP) is 4.36. The lowest BCUT2D eigenvalue weighted by molar-refractivity contribution is -0.120. The van der Waals surface area contributed by atoms with Crippen molar-refractivity contribution in [3.05, 3.63) is 70.4 Å². The molecule has 8 nitrogen and oxygen atoms in total. The molecule has 2 aliphatic rings. The highest BCUT2D eigenvalue weighted by atomic mass is 35.5. The number of anilines is 2. The molecule has 0 radical (unpaired) electrons. The highest BCUT2D eigenvalue weighted by molar-refractivity contribution is 6.53. The van der Waals surface area contributed by atoms with E-state index in [1.54, 1.807) is 31.2 Å². The lowest BCUT2D eigenvalue weighted by Crippen LogP contribution is -2.36. The molecule has 0 unspecified atom stereocenters. The molecular formula is C26H26ClN3O5. The summed E-state index contributed by atoms with van der Waals surface area (Å²) in [4.78, 5) is 51.3. The largest absolute Gasteiger partial charge is 0.462 e. The normalized spacial score (nSPS) is 16.5. The van der Waals surface area contributed by atoms with Gasteiger partial charge in [0.25, 0.3) is 17.7 Å². The number of ether oxygens (including phenoxy) is 1. The van der Waals surface area contributed by atoms with Gasteiger partial charge in [-0.05, 0) is 62.2 Å². The summed E-state index contributed by atoms with van der Waals surface area (Å²) >= 11 is 6.22. The van der Waals surface area contributed by atoms with Crippen LogP contribution in [0.4, 0.5) is 11.4 Å². The molecule has 1 heterocycles. The van der Waals surface area contributed by atoms with Crippen molar-refractivity contribution in [2.45, 2.75) is 45.1 Å². The molecule has 0 bridgehead atoms. The number of nitrogens with zero attached hydrogens (tertiary/aromatic N) is 1. The number of esters is 1. The highest BCUT2D eigenvalue weighted by Crippen LogP contribution is 2.30. The van der Waals surface area contributed by atoms with Crippen LogP contribution in [0.25, 0.3) is 0 Å². The molecule has 1 aliphatic carbocycles. The van der Waals surface area contributed by atoms with Gasteiger partial charge in [0, 0.05) is 17.3 Å². The zero-order valence-corrected chi connectivity index (χ0v) is 20.1. The van der Waals surface area contributed by atoms with Crippen molar-refractivity contribution in [3.63, 3.8) is 0 Å². The first-order chi connectivity index (χ1) is 16.9. The summed E-state index contributed by atoms with van der Waals surface area (Å²) in [6.07, 6.45) is 5.36. The maximum absolute atomic E-state index is 13.1. The molecule has 1 aliphatic heterocycles. The molecule has 0 spiro atoms. The Bertz CT molecular complexity index is 1190. The average molecular weight is 496 g/mol. The number of hydrogen-bond donors (Lipinski definition) is 2. The predicted molar refractivity (Wildman–Crippen MR) is 132 cm³/mol. The van der Waals surface area contributed by atoms with Crippen LogP contribution in [0.2, 0.25) is 0 Å². The van der Waals surface area contributed by atoms with Gasteiger partial charge >= 0.3 is 5.97 Å². The highest BCUT2D eigenvalue weighted by Gasteiger charge is 2.39. The average Bonchev–Trinajstić information content (AvgIpc) is 3.08. The number of nitrogens with one attached hydrogen (secondary N) is 2. The molecule has 0 atom stereocenters. The molecule has 1 saturated carbocycles. The van der Waals surface area contributed by atoms with Gasteiger partial charge in [0.05, 0.1) is 17.9 Å². The van der Waals surface area contributed by atoms with E-state index in [0.29, 0.717) is 16.8 Å². The maximum atomic E-state index is 13.1. The van der Waals surface area contributed by atoms with E-state index in [4.69, 9.17) is 16.3 Å². The van der Waals surface area contributed by atoms with Crippen LogP contribution >= 0.6 is 11.6 Å². The molecule has 3 amide bonds. The number of halogens is 1. The van der Waals surface area contributed by atoms with Crippen molar-refractivity contribution < 1.29 is 23.9 Å². The summed E-state index contributed by atoms with van der Waals surface area (Å²) in [6.45, 7) is 1.94. The van der Waals surface area contributed by atoms with E-state index in [0.717, 1.165) is 30.6 Å². The van der Waals surface area contributed by atoms with Gasteiger partial charge < -0.3 is 15.4 Å². The van der Waals surface area contributed by atoms with Crippen LogP contribution < -0.4 is 15.5 Å². The fraction of sp³-hybridized carbons (Fsp3) is 0.308. The van der Waals surface area contributed by atoms with E-state index in [1.807, 2.05) is 0 Å². The standard InChI is InChI=1S/C26H26ClN3O5/c1-2-35-26(34)16-11-13-20(14-12-16)30-24(32)21(27)22(25(30)33)28-19-10-6-7-17(15-19)23(31)29-18-8-4-3-5-9-18/h6-7,10-15,18,28H,2-5,8-9H2,1H3,(H,29,31). The van der Waals surface area contributed by atoms with Crippen molar-refractivity contribution in [2.75, 3.05) is 16.8 Å². The minimum Gasteiger partial charge on any atom is -0.462 e. The van der Waals surface area contributed by atoms with Gasteiger partial charge in [0.1, 0.15) is 10.7 Å². The van der Waals surface area contributed by atoms with E-state index in [-0.39, 0.29) is 35.0 Å². The van der Waals surface area contributed by atoms with Crippen molar-refractivity contribution in [3.8, 4) is 0 Å². The van der Waals surface area contributed by atoms with E-state index >= 15 is 0 Å². The minimum atomic E-state index is -0.686. The molecule has 0 saturated heterocycles. The SMILES string of the molecule is CCOC(=O)c1ccc(N2C(=O)C(Cl)=C(Nc3cccc(C(=O)NC4CCCCC4)c3)C2=O)cc1. The molecule has 1 fully saturated rings. The van der Waals surface area contributed by atoms with Crippen molar-refractivity contribution in [1.82, 2.24) is 5.32 Å². The van der Waals surface area contributed by atoms with E-state index < -0.39 is 17.8 Å². The summed E-state index contributed by atoms with van der Waals surface area (Å²) in [7, 11) is 0. The van der Waals surface area contributed by atoms with Gasteiger partial charge in [-0.1, -0.05) is 36.9 Å². The summed E-state index contributed by atoms with van der Waals surface area (Å²) in [5.74, 6) is -2.00. The van der Waals surface area contributed by atoms with Crippen molar-refractivity contribution >= 4 is 46.7 Å². The Balaban J connectivity index is 1.47. The number of carbonyl (C=O) groups excluding carboxylic acids is 4. The first-order valence-electron chi connectivity index (χ1n) is 11.6. The molecule has 0 aromatic heterocycles. The molecule has 4 rings (SSSR count). The van der Waals surface area contributed by atoms with Crippen LogP contribution in [0.3, 0.4) is 0 Å². The molecule has 9 heteroatoms. The third-order valence-corrected chi connectivity index (χ3v) is 6.35. The molecule has 35 heavy (non-hydrogen) atoms. The van der Waals surface area contributed by atoms with Gasteiger partial charge in [-0.15, -0.1) is 0 Å². The van der Waals surface area contributed by atoms with Gasteiger partial charge in [-0.3, -0.25) is 14.4 Å². The van der Waals surface area contributed by atoms with E-state index in [1.165, 1.54) is 30.7 Å². The number of amides is 3. The monoisotopic (exact) mass is 495 g/mol. The van der Waals surface area contributed by atoms with Gasteiger partial charge in [-0.2, -0.15) is 0 Å². The van der Waals surface area contributed by atoms with Crippen LogP contribution in [0.5, 0.6) is 0 Å². The Kier molecular flexibility index (Phi) is 7.51. The summed E-state index contributed by atoms with van der Waals surface area (Å²) < 4.78 is 4.95. The topological polar surface area (TPSA) is 105 Å². The van der Waals surface area contributed by atoms with Crippen LogP contribution in [0, 0.1) is 0 Å². The third-order valence-electron chi connectivity index (χ3n) is 6.00. The van der Waals surface area contributed by atoms with E-state index in [9.17, 15) is 19.2 Å². The van der Waals surface area contributed by atoms with Crippen LogP contribution in [-0.2, 0) is 14.3 Å². The quantitative estimate of drug-likeness (QED) is 0.437. The second-order valence-corrected chi connectivity index (χ2v) is 8.79. The lowest BCUT2D eigenvalue weighted by atomic mass is 9.95. The number of hydrogen-bond acceptors (Lipinski definition) is 6. The van der Waals surface area contributed by atoms with Gasteiger partial charge in [-0.25, -0.2) is 9.69 Å². The Morgan fingerprint density at radius 2 is 1.71 bits per heavy atom. The molecular weight excluding hydrogens is 470 g/mol. The summed E-state index contributed by atoms with van der Waals surface area (Å²) in [6, 6.07) is 12.8. The Hall–Kier alpha value is -3.65. The van der Waals surface area contributed by atoms with Gasteiger partial charge in [0.15, 0.2) is 0 Å². The molecule has 2 aromatic rings. The second-order valence-electron chi connectivity index (χ2n) is 8.42. The Morgan fingerprint density at radius 1 is 1.00 bits per heavy atom. The van der Waals surface area contributed by atoms with Crippen LogP contribution in [0.15, 0.2) is 59.3 Å². The first-order valence-corrected chi connectivity index (χ1v) is 12.0. The summed E-state index contributed by atoms with van der Waals surface area (Å²) in [5, 5.41) is 5.70. The number of rotatable bonds is 7. The molecule has 2 aromatic carbocycles. The fourth-order valence-electron chi connectivity index (χ4n) is 4.21. The first kappa shape index (κ1) is 24.5. The van der Waals surface area contributed by atoms with Crippen molar-refractivity contribution in [2.24, 2.45) is 0 Å². The molecule has 2 N–H and O–H groups in total. The van der Waals surface area contributed by atoms with Crippen molar-refractivity contribution in [1.29, 1.82) is 0 Å². The lowest BCUT2D eigenvalue weighted by Gasteiger charge is -2.22. The zero-order chi connectivity index (χ0) is 24.9. The van der Waals surface area contributed by atoms with Gasteiger partial charge in [0.2, 0.25) is 0 Å². The maximum Gasteiger partial charge on any atom is 0.338 e. The third kappa shape index (κ3) is 5.38. The minimum absolute atomic E-state index is 0.0871. The van der Waals surface area contributed by atoms with Crippen LogP contribution in [-0.4, -0.2) is 36.3 Å².